The molecule has 1 heterocycles. The molecule has 5 nitrogen and oxygen atoms in total. The quantitative estimate of drug-likeness (QED) is 0.791. The number of carbonyl (C=O) groups excluding carboxylic acids is 1. The molecule has 2 N–H and O–H groups in total. The summed E-state index contributed by atoms with van der Waals surface area (Å²) >= 11 is 0. The number of anilines is 1. The van der Waals surface area contributed by atoms with Crippen LogP contribution in [0.1, 0.15) is 32.9 Å². The molecule has 16 heavy (non-hydrogen) atoms. The molecular weight excluding hydrogens is 206 g/mol. The van der Waals surface area contributed by atoms with Crippen LogP contribution >= 0.6 is 0 Å². The highest BCUT2D eigenvalue weighted by Crippen LogP contribution is 2.10. The molecule has 90 valence electrons. The van der Waals surface area contributed by atoms with Crippen molar-refractivity contribution in [2.24, 2.45) is 0 Å². The molecule has 0 aromatic carbocycles. The average Bonchev–Trinajstić information content (AvgIpc) is 2.38. The van der Waals surface area contributed by atoms with E-state index in [1.165, 1.54) is 0 Å². The summed E-state index contributed by atoms with van der Waals surface area (Å²) in [6, 6.07) is 1.77. The normalized spacial score (nSPS) is 11.5. The Kier molecular flexibility index (Phi) is 3.57. The van der Waals surface area contributed by atoms with Gasteiger partial charge in [-0.3, -0.25) is 9.48 Å². The van der Waals surface area contributed by atoms with Crippen LogP contribution in [0.3, 0.4) is 0 Å². The zero-order valence-corrected chi connectivity index (χ0v) is 10.3. The lowest BCUT2D eigenvalue weighted by atomic mass is 10.2. The van der Waals surface area contributed by atoms with Crippen LogP contribution in [0, 0.1) is 6.92 Å². The third kappa shape index (κ3) is 3.92. The molecule has 0 aliphatic carbocycles. The maximum atomic E-state index is 11.5. The first-order valence-corrected chi connectivity index (χ1v) is 5.30. The van der Waals surface area contributed by atoms with Crippen molar-refractivity contribution >= 4 is 11.8 Å². The van der Waals surface area contributed by atoms with Gasteiger partial charge in [-0.05, 0) is 27.7 Å². The molecule has 0 bridgehead atoms. The van der Waals surface area contributed by atoms with Gasteiger partial charge in [0.05, 0.1) is 13.0 Å². The van der Waals surface area contributed by atoms with E-state index >= 15 is 0 Å². The maximum Gasteiger partial charge on any atom is 0.308 e. The smallest absolute Gasteiger partial charge is 0.308 e. The van der Waals surface area contributed by atoms with E-state index in [0.717, 1.165) is 5.69 Å². The standard InChI is InChI=1S/C11H19N3O2/c1-8-7-9(12)13-14(8)6-5-10(15)16-11(2,3)4/h7H,5-6H2,1-4H3,(H2,12,13). The summed E-state index contributed by atoms with van der Waals surface area (Å²) in [6.45, 7) is 7.95. The lowest BCUT2D eigenvalue weighted by molar-refractivity contribution is -0.155. The zero-order chi connectivity index (χ0) is 12.3. The van der Waals surface area contributed by atoms with Crippen LogP contribution in [0.5, 0.6) is 0 Å². The van der Waals surface area contributed by atoms with E-state index in [1.54, 1.807) is 10.7 Å². The molecule has 0 aliphatic rings. The molecule has 5 heteroatoms. The fourth-order valence-electron chi connectivity index (χ4n) is 1.35. The van der Waals surface area contributed by atoms with Gasteiger partial charge < -0.3 is 10.5 Å². The summed E-state index contributed by atoms with van der Waals surface area (Å²) in [6.07, 6.45) is 0.305. The number of nitrogens with zero attached hydrogens (tertiary/aromatic N) is 2. The molecule has 1 aromatic heterocycles. The van der Waals surface area contributed by atoms with Crippen molar-refractivity contribution in [2.45, 2.75) is 46.3 Å². The second-order valence-corrected chi connectivity index (χ2v) is 4.77. The van der Waals surface area contributed by atoms with Crippen molar-refractivity contribution in [2.75, 3.05) is 5.73 Å². The molecule has 0 spiro atoms. The molecule has 0 radical (unpaired) electrons. The van der Waals surface area contributed by atoms with Crippen LogP contribution in [0.15, 0.2) is 6.07 Å². The predicted octanol–water partition coefficient (Wildman–Crippen LogP) is 1.51. The van der Waals surface area contributed by atoms with Crippen LogP contribution in [-0.2, 0) is 16.1 Å². The van der Waals surface area contributed by atoms with Crippen LogP contribution in [-0.4, -0.2) is 21.4 Å². The van der Waals surface area contributed by atoms with Crippen molar-refractivity contribution in [1.82, 2.24) is 9.78 Å². The molecule has 0 unspecified atom stereocenters. The summed E-state index contributed by atoms with van der Waals surface area (Å²) in [5, 5.41) is 4.07. The first kappa shape index (κ1) is 12.5. The lowest BCUT2D eigenvalue weighted by Gasteiger charge is -2.19. The van der Waals surface area contributed by atoms with E-state index in [-0.39, 0.29) is 5.97 Å². The molecule has 0 saturated carbocycles. The zero-order valence-electron chi connectivity index (χ0n) is 10.3. The van der Waals surface area contributed by atoms with E-state index in [1.807, 2.05) is 27.7 Å². The van der Waals surface area contributed by atoms with Crippen molar-refractivity contribution in [3.63, 3.8) is 0 Å². The van der Waals surface area contributed by atoms with Gasteiger partial charge in [0.2, 0.25) is 0 Å². The highest BCUT2D eigenvalue weighted by atomic mass is 16.6. The van der Waals surface area contributed by atoms with Crippen molar-refractivity contribution in [3.8, 4) is 0 Å². The number of hydrogen-bond acceptors (Lipinski definition) is 4. The van der Waals surface area contributed by atoms with E-state index in [4.69, 9.17) is 10.5 Å². The maximum absolute atomic E-state index is 11.5. The fraction of sp³-hybridized carbons (Fsp3) is 0.636. The van der Waals surface area contributed by atoms with Crippen LogP contribution in [0.4, 0.5) is 5.82 Å². The minimum atomic E-state index is -0.435. The van der Waals surface area contributed by atoms with E-state index in [9.17, 15) is 4.79 Å². The van der Waals surface area contributed by atoms with E-state index < -0.39 is 5.60 Å². The second kappa shape index (κ2) is 4.55. The van der Waals surface area contributed by atoms with Gasteiger partial charge in [0.15, 0.2) is 0 Å². The van der Waals surface area contributed by atoms with Crippen molar-refractivity contribution in [1.29, 1.82) is 0 Å². The largest absolute Gasteiger partial charge is 0.460 e. The molecule has 0 saturated heterocycles. The van der Waals surface area contributed by atoms with Crippen LogP contribution in [0.2, 0.25) is 0 Å². The molecule has 0 fully saturated rings. The van der Waals surface area contributed by atoms with Gasteiger partial charge in [-0.1, -0.05) is 0 Å². The van der Waals surface area contributed by atoms with Crippen molar-refractivity contribution in [3.05, 3.63) is 11.8 Å². The summed E-state index contributed by atoms with van der Waals surface area (Å²) in [5.41, 5.74) is 6.05. The van der Waals surface area contributed by atoms with Gasteiger partial charge in [0.1, 0.15) is 11.4 Å². The third-order valence-electron chi connectivity index (χ3n) is 1.95. The number of aromatic nitrogens is 2. The third-order valence-corrected chi connectivity index (χ3v) is 1.95. The Labute approximate surface area is 95.6 Å². The first-order chi connectivity index (χ1) is 7.28. The number of esters is 1. The van der Waals surface area contributed by atoms with E-state index in [2.05, 4.69) is 5.10 Å². The lowest BCUT2D eigenvalue weighted by Crippen LogP contribution is -2.24. The summed E-state index contributed by atoms with van der Waals surface area (Å²) in [4.78, 5) is 11.5. The number of nitrogen functional groups attached to an aromatic ring is 1. The molecular formula is C11H19N3O2. The number of aryl methyl sites for hydroxylation is 2. The Morgan fingerprint density at radius 3 is 2.62 bits per heavy atom. The highest BCUT2D eigenvalue weighted by molar-refractivity contribution is 5.69. The second-order valence-electron chi connectivity index (χ2n) is 4.77. The van der Waals surface area contributed by atoms with Gasteiger partial charge in [-0.25, -0.2) is 0 Å². The average molecular weight is 225 g/mol. The first-order valence-electron chi connectivity index (χ1n) is 5.30. The Bertz CT molecular complexity index is 377. The van der Waals surface area contributed by atoms with Gasteiger partial charge in [-0.15, -0.1) is 0 Å². The Morgan fingerprint density at radius 1 is 1.56 bits per heavy atom. The number of ether oxygens (including phenoxy) is 1. The number of carbonyl (C=O) groups is 1. The van der Waals surface area contributed by atoms with Gasteiger partial charge in [0, 0.05) is 11.8 Å². The summed E-state index contributed by atoms with van der Waals surface area (Å²) < 4.78 is 6.90. The Morgan fingerprint density at radius 2 is 2.19 bits per heavy atom. The molecule has 0 atom stereocenters. The number of nitrogens with two attached hydrogens (primary N) is 1. The minimum Gasteiger partial charge on any atom is -0.460 e. The fourth-order valence-corrected chi connectivity index (χ4v) is 1.35. The van der Waals surface area contributed by atoms with Crippen molar-refractivity contribution < 1.29 is 9.53 Å². The number of hydrogen-bond donors (Lipinski definition) is 1. The monoisotopic (exact) mass is 225 g/mol. The highest BCUT2D eigenvalue weighted by Gasteiger charge is 2.16. The molecule has 0 aliphatic heterocycles. The predicted molar refractivity (Wildman–Crippen MR) is 61.8 cm³/mol. The van der Waals surface area contributed by atoms with Crippen LogP contribution < -0.4 is 5.73 Å². The SMILES string of the molecule is Cc1cc(N)nn1CCC(=O)OC(C)(C)C. The topological polar surface area (TPSA) is 70.1 Å². The minimum absolute atomic E-state index is 0.221. The van der Waals surface area contributed by atoms with E-state index in [0.29, 0.717) is 18.8 Å². The van der Waals surface area contributed by atoms with Crippen LogP contribution in [0.25, 0.3) is 0 Å². The Balaban J connectivity index is 2.46. The summed E-state index contributed by atoms with van der Waals surface area (Å²) in [7, 11) is 0. The Hall–Kier alpha value is -1.52. The van der Waals surface area contributed by atoms with Gasteiger partial charge >= 0.3 is 5.97 Å². The van der Waals surface area contributed by atoms with Gasteiger partial charge in [0.25, 0.3) is 0 Å². The molecule has 1 aromatic rings. The number of rotatable bonds is 3. The molecule has 0 amide bonds. The summed E-state index contributed by atoms with van der Waals surface area (Å²) in [5.74, 6) is 0.252. The molecule has 1 rings (SSSR count). The van der Waals surface area contributed by atoms with Gasteiger partial charge in [-0.2, -0.15) is 5.10 Å².